The van der Waals surface area contributed by atoms with E-state index in [1.54, 1.807) is 25.5 Å². The lowest BCUT2D eigenvalue weighted by Crippen LogP contribution is -2.34. The minimum Gasteiger partial charge on any atom is -0.465 e. The molecule has 128 valence electrons. The van der Waals surface area contributed by atoms with Gasteiger partial charge in [-0.05, 0) is 48.6 Å². The molecule has 0 saturated heterocycles. The van der Waals surface area contributed by atoms with Gasteiger partial charge in [0, 0.05) is 29.7 Å². The topological polar surface area (TPSA) is 90.1 Å². The second-order valence-corrected chi connectivity index (χ2v) is 5.64. The predicted molar refractivity (Wildman–Crippen MR) is 97.6 cm³/mol. The fraction of sp³-hybridized carbons (Fsp3) is 0.211. The number of ether oxygens (including phenoxy) is 1. The minimum absolute atomic E-state index is 0.336. The van der Waals surface area contributed by atoms with E-state index in [1.165, 1.54) is 0 Å². The maximum atomic E-state index is 11.6. The van der Waals surface area contributed by atoms with Crippen molar-refractivity contribution in [1.29, 1.82) is 0 Å². The molecule has 0 aliphatic carbocycles. The van der Waals surface area contributed by atoms with Gasteiger partial charge >= 0.3 is 5.97 Å². The highest BCUT2D eigenvalue weighted by Crippen LogP contribution is 2.23. The first-order valence-electron chi connectivity index (χ1n) is 8.14. The van der Waals surface area contributed by atoms with Gasteiger partial charge < -0.3 is 15.8 Å². The number of nitrogens with one attached hydrogen (secondary N) is 1. The number of nitrogens with two attached hydrogens (primary N) is 1. The van der Waals surface area contributed by atoms with Crippen LogP contribution in [0.3, 0.4) is 0 Å². The van der Waals surface area contributed by atoms with Crippen LogP contribution in [0.5, 0.6) is 0 Å². The van der Waals surface area contributed by atoms with Crippen LogP contribution < -0.4 is 11.1 Å². The van der Waals surface area contributed by atoms with E-state index in [0.717, 1.165) is 27.8 Å². The van der Waals surface area contributed by atoms with Gasteiger partial charge in [0.15, 0.2) is 0 Å². The van der Waals surface area contributed by atoms with Crippen molar-refractivity contribution in [3.8, 4) is 0 Å². The van der Waals surface area contributed by atoms with Crippen LogP contribution in [-0.2, 0) is 16.0 Å². The molecule has 0 radical (unpaired) electrons. The number of pyridine rings is 2. The van der Waals surface area contributed by atoms with Crippen LogP contribution in [0, 0.1) is 0 Å². The van der Waals surface area contributed by atoms with E-state index in [4.69, 9.17) is 10.5 Å². The third-order valence-electron chi connectivity index (χ3n) is 3.83. The Morgan fingerprint density at radius 2 is 1.96 bits per heavy atom. The summed E-state index contributed by atoms with van der Waals surface area (Å²) >= 11 is 0. The molecule has 0 aliphatic rings. The predicted octanol–water partition coefficient (Wildman–Crippen LogP) is 2.81. The number of hydrogen-bond acceptors (Lipinski definition) is 6. The Hall–Kier alpha value is -2.99. The number of rotatable bonds is 6. The van der Waals surface area contributed by atoms with Gasteiger partial charge in [-0.15, -0.1) is 0 Å². The van der Waals surface area contributed by atoms with Crippen LogP contribution in [0.25, 0.3) is 10.8 Å². The number of aromatic nitrogens is 2. The Labute approximate surface area is 146 Å². The number of benzene rings is 1. The summed E-state index contributed by atoms with van der Waals surface area (Å²) in [5, 5.41) is 5.33. The van der Waals surface area contributed by atoms with Crippen LogP contribution in [-0.4, -0.2) is 28.6 Å². The molecule has 1 aromatic carbocycles. The molecule has 0 aliphatic heterocycles. The molecular weight excluding hydrogens is 316 g/mol. The van der Waals surface area contributed by atoms with Crippen LogP contribution in [0.4, 0.5) is 11.5 Å². The normalized spacial score (nSPS) is 11.9. The van der Waals surface area contributed by atoms with Crippen LogP contribution >= 0.6 is 0 Å². The first kappa shape index (κ1) is 16.9. The maximum Gasteiger partial charge on any atom is 0.323 e. The molecular formula is C19H20N4O2. The van der Waals surface area contributed by atoms with E-state index >= 15 is 0 Å². The first-order chi connectivity index (χ1) is 12.2. The molecule has 3 aromatic rings. The molecule has 3 N–H and O–H groups in total. The number of fused-ring (bicyclic) bond motifs is 1. The Morgan fingerprint density at radius 3 is 2.72 bits per heavy atom. The molecule has 0 saturated carbocycles. The van der Waals surface area contributed by atoms with Crippen molar-refractivity contribution in [3.63, 3.8) is 0 Å². The molecule has 1 atom stereocenters. The van der Waals surface area contributed by atoms with Gasteiger partial charge in [0.25, 0.3) is 0 Å². The van der Waals surface area contributed by atoms with E-state index in [2.05, 4.69) is 15.3 Å². The molecule has 2 aromatic heterocycles. The number of anilines is 2. The fourth-order valence-corrected chi connectivity index (χ4v) is 2.56. The largest absolute Gasteiger partial charge is 0.465 e. The lowest BCUT2D eigenvalue weighted by atomic mass is 10.1. The molecule has 6 nitrogen and oxygen atoms in total. The SMILES string of the molecule is CCOC(=O)[C@@H](N)Cc1ccc(Nc2nccc3ccncc23)cc1. The van der Waals surface area contributed by atoms with Crippen molar-refractivity contribution in [2.45, 2.75) is 19.4 Å². The van der Waals surface area contributed by atoms with Crippen LogP contribution in [0.2, 0.25) is 0 Å². The highest BCUT2D eigenvalue weighted by Gasteiger charge is 2.15. The van der Waals surface area contributed by atoms with Crippen LogP contribution in [0.1, 0.15) is 12.5 Å². The standard InChI is InChI=1S/C19H20N4O2/c1-2-25-19(24)17(20)11-13-3-5-15(6-4-13)23-18-16-12-21-9-7-14(16)8-10-22-18/h3-10,12,17H,2,11,20H2,1H3,(H,22,23)/t17-/m0/s1. The van der Waals surface area contributed by atoms with Gasteiger partial charge in [0.2, 0.25) is 0 Å². The summed E-state index contributed by atoms with van der Waals surface area (Å²) in [5.41, 5.74) is 7.72. The summed E-state index contributed by atoms with van der Waals surface area (Å²) in [5.74, 6) is 0.374. The number of hydrogen-bond donors (Lipinski definition) is 2. The molecule has 0 spiro atoms. The Kier molecular flexibility index (Phi) is 5.20. The molecule has 6 heteroatoms. The van der Waals surface area contributed by atoms with Crippen molar-refractivity contribution in [1.82, 2.24) is 9.97 Å². The third kappa shape index (κ3) is 4.10. The number of carbonyl (C=O) groups is 1. The lowest BCUT2D eigenvalue weighted by Gasteiger charge is -2.12. The molecule has 0 unspecified atom stereocenters. The average molecular weight is 336 g/mol. The zero-order valence-corrected chi connectivity index (χ0v) is 14.0. The summed E-state index contributed by atoms with van der Waals surface area (Å²) in [7, 11) is 0. The average Bonchev–Trinajstić information content (AvgIpc) is 2.64. The Morgan fingerprint density at radius 1 is 1.20 bits per heavy atom. The monoisotopic (exact) mass is 336 g/mol. The summed E-state index contributed by atoms with van der Waals surface area (Å²) < 4.78 is 4.93. The number of carbonyl (C=O) groups excluding carboxylic acids is 1. The molecule has 0 amide bonds. The summed E-state index contributed by atoms with van der Waals surface area (Å²) in [6.07, 6.45) is 5.75. The van der Waals surface area contributed by atoms with Gasteiger partial charge in [0.1, 0.15) is 11.9 Å². The van der Waals surface area contributed by atoms with Crippen molar-refractivity contribution in [3.05, 3.63) is 60.6 Å². The second-order valence-electron chi connectivity index (χ2n) is 5.64. The number of esters is 1. The first-order valence-corrected chi connectivity index (χ1v) is 8.14. The fourth-order valence-electron chi connectivity index (χ4n) is 2.56. The van der Waals surface area contributed by atoms with Crippen molar-refractivity contribution in [2.24, 2.45) is 5.73 Å². The molecule has 0 fully saturated rings. The van der Waals surface area contributed by atoms with Crippen molar-refractivity contribution in [2.75, 3.05) is 11.9 Å². The molecule has 25 heavy (non-hydrogen) atoms. The van der Waals surface area contributed by atoms with Crippen LogP contribution in [0.15, 0.2) is 55.0 Å². The maximum absolute atomic E-state index is 11.6. The number of nitrogens with zero attached hydrogens (tertiary/aromatic N) is 2. The summed E-state index contributed by atoms with van der Waals surface area (Å²) in [6.45, 7) is 2.10. The minimum atomic E-state index is -0.649. The van der Waals surface area contributed by atoms with E-state index in [1.807, 2.05) is 36.4 Å². The highest BCUT2D eigenvalue weighted by molar-refractivity contribution is 5.92. The zero-order chi connectivity index (χ0) is 17.6. The Bertz CT molecular complexity index is 859. The Balaban J connectivity index is 1.71. The third-order valence-corrected chi connectivity index (χ3v) is 3.83. The molecule has 0 bridgehead atoms. The second kappa shape index (κ2) is 7.72. The summed E-state index contributed by atoms with van der Waals surface area (Å²) in [6, 6.07) is 11.0. The van der Waals surface area contributed by atoms with Gasteiger partial charge in [-0.25, -0.2) is 4.98 Å². The molecule has 2 heterocycles. The zero-order valence-electron chi connectivity index (χ0n) is 14.0. The van der Waals surface area contributed by atoms with Crippen molar-refractivity contribution >= 4 is 28.2 Å². The van der Waals surface area contributed by atoms with Crippen molar-refractivity contribution < 1.29 is 9.53 Å². The van der Waals surface area contributed by atoms with E-state index in [-0.39, 0.29) is 5.97 Å². The van der Waals surface area contributed by atoms with E-state index in [9.17, 15) is 4.79 Å². The van der Waals surface area contributed by atoms with E-state index < -0.39 is 6.04 Å². The van der Waals surface area contributed by atoms with E-state index in [0.29, 0.717) is 13.0 Å². The van der Waals surface area contributed by atoms with Gasteiger partial charge in [-0.2, -0.15) is 0 Å². The lowest BCUT2D eigenvalue weighted by molar-refractivity contribution is -0.144. The molecule has 3 rings (SSSR count). The highest BCUT2D eigenvalue weighted by atomic mass is 16.5. The van der Waals surface area contributed by atoms with Gasteiger partial charge in [0.05, 0.1) is 6.61 Å². The van der Waals surface area contributed by atoms with Gasteiger partial charge in [-0.3, -0.25) is 9.78 Å². The summed E-state index contributed by atoms with van der Waals surface area (Å²) in [4.78, 5) is 20.1. The van der Waals surface area contributed by atoms with Gasteiger partial charge in [-0.1, -0.05) is 12.1 Å². The quantitative estimate of drug-likeness (QED) is 0.673. The smallest absolute Gasteiger partial charge is 0.323 e.